The van der Waals surface area contributed by atoms with Crippen molar-refractivity contribution in [1.82, 2.24) is 5.32 Å². The van der Waals surface area contributed by atoms with E-state index in [4.69, 9.17) is 0 Å². The van der Waals surface area contributed by atoms with Gasteiger partial charge in [-0.1, -0.05) is 6.58 Å². The Morgan fingerprint density at radius 1 is 1.62 bits per heavy atom. The molecule has 0 heterocycles. The van der Waals surface area contributed by atoms with E-state index in [0.717, 1.165) is 11.0 Å². The third-order valence-electron chi connectivity index (χ3n) is 2.77. The highest BCUT2D eigenvalue weighted by Gasteiger charge is 2.21. The van der Waals surface area contributed by atoms with Crippen LogP contribution in [-0.4, -0.2) is 43.6 Å². The second kappa shape index (κ2) is 5.02. The molecule has 0 aliphatic heterocycles. The number of likely N-dealkylation sites (N-methyl/N-ethyl adjacent to an activating group) is 1. The summed E-state index contributed by atoms with van der Waals surface area (Å²) in [4.78, 5) is 10.9. The van der Waals surface area contributed by atoms with Crippen LogP contribution in [-0.2, 0) is 4.79 Å². The predicted molar refractivity (Wildman–Crippen MR) is 55.3 cm³/mol. The minimum absolute atomic E-state index is 0.0945. The van der Waals surface area contributed by atoms with Gasteiger partial charge >= 0.3 is 0 Å². The van der Waals surface area contributed by atoms with E-state index in [2.05, 4.69) is 39.8 Å². The lowest BCUT2D eigenvalue weighted by Crippen LogP contribution is -2.52. The number of amides is 1. The maximum Gasteiger partial charge on any atom is 0.243 e. The fourth-order valence-electron chi connectivity index (χ4n) is 0.879. The van der Waals surface area contributed by atoms with Crippen molar-refractivity contribution in [1.29, 1.82) is 0 Å². The molecule has 0 fully saturated rings. The summed E-state index contributed by atoms with van der Waals surface area (Å²) in [5.74, 6) is -0.0945. The Morgan fingerprint density at radius 3 is 2.54 bits per heavy atom. The van der Waals surface area contributed by atoms with E-state index >= 15 is 0 Å². The summed E-state index contributed by atoms with van der Waals surface area (Å²) >= 11 is 0. The molecule has 1 N–H and O–H groups in total. The third-order valence-corrected chi connectivity index (χ3v) is 2.77. The average molecular weight is 185 g/mol. The van der Waals surface area contributed by atoms with E-state index in [9.17, 15) is 4.79 Å². The van der Waals surface area contributed by atoms with Crippen LogP contribution >= 0.6 is 0 Å². The number of rotatable bonds is 5. The topological polar surface area (TPSA) is 29.1 Å². The normalized spacial score (nSPS) is 13.5. The molecule has 0 aromatic heterocycles. The highest BCUT2D eigenvalue weighted by molar-refractivity contribution is 5.86. The van der Waals surface area contributed by atoms with Crippen LogP contribution in [0, 0.1) is 0 Å². The maximum atomic E-state index is 10.9. The van der Waals surface area contributed by atoms with Gasteiger partial charge in [-0.25, -0.2) is 0 Å². The predicted octanol–water partition coefficient (Wildman–Crippen LogP) is 0.773. The van der Waals surface area contributed by atoms with Crippen molar-refractivity contribution in [3.05, 3.63) is 12.7 Å². The molecular formula is C10H21N2O+. The zero-order chi connectivity index (χ0) is 10.5. The smallest absolute Gasteiger partial charge is 0.243 e. The second-order valence-electron chi connectivity index (χ2n) is 3.89. The molecule has 1 amide bonds. The molecule has 0 radical (unpaired) electrons. The Balaban J connectivity index is 3.93. The van der Waals surface area contributed by atoms with E-state index in [1.165, 1.54) is 6.08 Å². The number of carbonyl (C=O) groups excluding carboxylic acids is 1. The first kappa shape index (κ1) is 12.2. The van der Waals surface area contributed by atoms with Crippen LogP contribution in [0.25, 0.3) is 0 Å². The number of hydrogen-bond donors (Lipinski definition) is 1. The number of nitrogens with zero attached hydrogens (tertiary/aromatic N) is 1. The highest BCUT2D eigenvalue weighted by atomic mass is 16.1. The van der Waals surface area contributed by atoms with Gasteiger partial charge in [0.15, 0.2) is 0 Å². The van der Waals surface area contributed by atoms with Crippen LogP contribution in [0.3, 0.4) is 0 Å². The molecule has 3 heteroatoms. The molecule has 1 atom stereocenters. The SMILES string of the molecule is C=CC(=O)NCC(C)[N+](C)(C)CC. The van der Waals surface area contributed by atoms with Gasteiger partial charge in [0.1, 0.15) is 6.04 Å². The van der Waals surface area contributed by atoms with Crippen molar-refractivity contribution in [2.45, 2.75) is 19.9 Å². The first-order chi connectivity index (χ1) is 5.94. The minimum atomic E-state index is -0.0945. The van der Waals surface area contributed by atoms with Gasteiger partial charge in [-0.2, -0.15) is 0 Å². The summed E-state index contributed by atoms with van der Waals surface area (Å²) in [6.45, 7) is 9.44. The quantitative estimate of drug-likeness (QED) is 0.497. The molecule has 0 bridgehead atoms. The van der Waals surface area contributed by atoms with Gasteiger partial charge in [0.2, 0.25) is 5.91 Å². The largest absolute Gasteiger partial charge is 0.347 e. The molecule has 1 unspecified atom stereocenters. The molecule has 0 spiro atoms. The van der Waals surface area contributed by atoms with Crippen molar-refractivity contribution in [3.63, 3.8) is 0 Å². The first-order valence-corrected chi connectivity index (χ1v) is 4.67. The van der Waals surface area contributed by atoms with E-state index in [0.29, 0.717) is 12.6 Å². The number of nitrogens with one attached hydrogen (secondary N) is 1. The average Bonchev–Trinajstić information content (AvgIpc) is 2.13. The highest BCUT2D eigenvalue weighted by Crippen LogP contribution is 2.03. The summed E-state index contributed by atoms with van der Waals surface area (Å²) in [5.41, 5.74) is 0. The Labute approximate surface area is 81.0 Å². The van der Waals surface area contributed by atoms with Gasteiger partial charge < -0.3 is 9.80 Å². The van der Waals surface area contributed by atoms with E-state index < -0.39 is 0 Å². The Bertz CT molecular complexity index is 187. The first-order valence-electron chi connectivity index (χ1n) is 4.67. The molecule has 0 aliphatic rings. The Morgan fingerprint density at radius 2 is 2.15 bits per heavy atom. The summed E-state index contributed by atoms with van der Waals surface area (Å²) < 4.78 is 0.914. The molecule has 0 aliphatic carbocycles. The van der Waals surface area contributed by atoms with Gasteiger partial charge in [-0.15, -0.1) is 0 Å². The molecule has 3 nitrogen and oxygen atoms in total. The van der Waals surface area contributed by atoms with Crippen LogP contribution < -0.4 is 5.32 Å². The number of quaternary nitrogens is 1. The number of carbonyl (C=O) groups is 1. The minimum Gasteiger partial charge on any atom is -0.347 e. The molecular weight excluding hydrogens is 164 g/mol. The molecule has 76 valence electrons. The van der Waals surface area contributed by atoms with Gasteiger partial charge in [0.25, 0.3) is 0 Å². The lowest BCUT2D eigenvalue weighted by Gasteiger charge is -2.35. The zero-order valence-corrected chi connectivity index (χ0v) is 9.13. The molecule has 0 aromatic rings. The Hall–Kier alpha value is -0.830. The lowest BCUT2D eigenvalue weighted by molar-refractivity contribution is -0.910. The van der Waals surface area contributed by atoms with Crippen LogP contribution in [0.5, 0.6) is 0 Å². The molecule has 0 saturated heterocycles. The van der Waals surface area contributed by atoms with Gasteiger partial charge in [-0.05, 0) is 19.9 Å². The standard InChI is InChI=1S/C10H20N2O/c1-6-10(13)11-8-9(3)12(4,5)7-2/h6,9H,1,7-8H2,2-5H3/p+1. The van der Waals surface area contributed by atoms with E-state index in [1.54, 1.807) is 0 Å². The van der Waals surface area contributed by atoms with Crippen molar-refractivity contribution >= 4 is 5.91 Å². The monoisotopic (exact) mass is 185 g/mol. The molecule has 13 heavy (non-hydrogen) atoms. The molecule has 0 rings (SSSR count). The van der Waals surface area contributed by atoms with Crippen molar-refractivity contribution in [2.75, 3.05) is 27.2 Å². The fourth-order valence-corrected chi connectivity index (χ4v) is 0.879. The van der Waals surface area contributed by atoms with Crippen LogP contribution in [0.15, 0.2) is 12.7 Å². The molecule has 0 aromatic carbocycles. The van der Waals surface area contributed by atoms with Crippen molar-refractivity contribution < 1.29 is 9.28 Å². The van der Waals surface area contributed by atoms with E-state index in [1.807, 2.05) is 0 Å². The van der Waals surface area contributed by atoms with Gasteiger partial charge in [0.05, 0.1) is 27.2 Å². The van der Waals surface area contributed by atoms with Gasteiger partial charge in [0, 0.05) is 0 Å². The summed E-state index contributed by atoms with van der Waals surface area (Å²) in [6, 6.07) is 0.425. The van der Waals surface area contributed by atoms with Crippen LogP contribution in [0.1, 0.15) is 13.8 Å². The summed E-state index contributed by atoms with van der Waals surface area (Å²) in [7, 11) is 4.31. The Kier molecular flexibility index (Phi) is 4.70. The van der Waals surface area contributed by atoms with Crippen molar-refractivity contribution in [3.8, 4) is 0 Å². The zero-order valence-electron chi connectivity index (χ0n) is 9.13. The molecule has 0 saturated carbocycles. The second-order valence-corrected chi connectivity index (χ2v) is 3.89. The van der Waals surface area contributed by atoms with Crippen molar-refractivity contribution in [2.24, 2.45) is 0 Å². The van der Waals surface area contributed by atoms with Crippen LogP contribution in [0.2, 0.25) is 0 Å². The van der Waals surface area contributed by atoms with E-state index in [-0.39, 0.29) is 5.91 Å². The van der Waals surface area contributed by atoms with Gasteiger partial charge in [-0.3, -0.25) is 4.79 Å². The number of hydrogen-bond acceptors (Lipinski definition) is 1. The lowest BCUT2D eigenvalue weighted by atomic mass is 10.2. The maximum absolute atomic E-state index is 10.9. The summed E-state index contributed by atoms with van der Waals surface area (Å²) in [6.07, 6.45) is 1.30. The van der Waals surface area contributed by atoms with Crippen LogP contribution in [0.4, 0.5) is 0 Å². The fraction of sp³-hybridized carbons (Fsp3) is 0.700. The third kappa shape index (κ3) is 4.08. The summed E-state index contributed by atoms with van der Waals surface area (Å²) in [5, 5.41) is 2.80.